The van der Waals surface area contributed by atoms with E-state index in [4.69, 9.17) is 15.0 Å². The first-order valence-electron chi connectivity index (χ1n) is 15.4. The SMILES string of the molecule is CCCCC(CC)c1nc2n(n1)C(=O)C(C#N)=C(C)/C2=N/c1sc(N(CCCC)CCCC)nc1-c1ccc(C)cc1. The molecular formula is C33H43N7OS. The van der Waals surface area contributed by atoms with Gasteiger partial charge in [0.1, 0.15) is 28.0 Å². The van der Waals surface area contributed by atoms with E-state index in [-0.39, 0.29) is 11.5 Å². The maximum absolute atomic E-state index is 13.3. The number of unbranched alkanes of at least 4 members (excludes halogenated alkanes) is 3. The quantitative estimate of drug-likeness (QED) is 0.188. The number of nitrogens with zero attached hydrogens (tertiary/aromatic N) is 7. The average Bonchev–Trinajstić information content (AvgIpc) is 3.62. The van der Waals surface area contributed by atoms with Gasteiger partial charge < -0.3 is 4.90 Å². The molecule has 1 aliphatic rings. The topological polar surface area (TPSA) is 100 Å². The minimum atomic E-state index is -0.442. The molecule has 0 saturated carbocycles. The van der Waals surface area contributed by atoms with Crippen LogP contribution in [0.5, 0.6) is 0 Å². The van der Waals surface area contributed by atoms with Crippen LogP contribution in [0.3, 0.4) is 0 Å². The highest BCUT2D eigenvalue weighted by atomic mass is 32.1. The number of allylic oxidation sites excluding steroid dienone is 2. The lowest BCUT2D eigenvalue weighted by Crippen LogP contribution is -2.28. The molecule has 42 heavy (non-hydrogen) atoms. The van der Waals surface area contributed by atoms with Crippen LogP contribution in [0.25, 0.3) is 11.3 Å². The Hall–Kier alpha value is -3.64. The molecule has 4 rings (SSSR count). The second-order valence-electron chi connectivity index (χ2n) is 11.0. The Morgan fingerprint density at radius 1 is 1.00 bits per heavy atom. The summed E-state index contributed by atoms with van der Waals surface area (Å²) in [6.45, 7) is 14.4. The van der Waals surface area contributed by atoms with Crippen LogP contribution in [0.15, 0.2) is 40.4 Å². The highest BCUT2D eigenvalue weighted by molar-refractivity contribution is 7.19. The van der Waals surface area contributed by atoms with Crippen LogP contribution in [0.4, 0.5) is 10.1 Å². The van der Waals surface area contributed by atoms with Crippen molar-refractivity contribution in [3.05, 3.63) is 52.6 Å². The predicted octanol–water partition coefficient (Wildman–Crippen LogP) is 8.42. The second kappa shape index (κ2) is 14.5. The summed E-state index contributed by atoms with van der Waals surface area (Å²) in [6, 6.07) is 10.4. The van der Waals surface area contributed by atoms with Gasteiger partial charge in [-0.2, -0.15) is 9.94 Å². The number of carbonyl (C=O) groups is 1. The van der Waals surface area contributed by atoms with Gasteiger partial charge in [-0.25, -0.2) is 15.0 Å². The standard InChI is InChI=1S/C33H43N7OS/c1-7-11-14-24(10-4)29-37-30-27(23(6)26(21-34)32(41)40(30)38-29)35-31-28(25-17-15-22(5)16-18-25)36-33(42-31)39(19-12-8-2)20-13-9-3/h15-18,24H,7-14,19-20H2,1-6H3/b35-27-. The van der Waals surface area contributed by atoms with Gasteiger partial charge >= 0.3 is 0 Å². The van der Waals surface area contributed by atoms with E-state index in [2.05, 4.69) is 75.0 Å². The fourth-order valence-corrected chi connectivity index (χ4v) is 6.11. The van der Waals surface area contributed by atoms with E-state index in [0.717, 1.165) is 85.8 Å². The lowest BCUT2D eigenvalue weighted by molar-refractivity contribution is 0.0941. The van der Waals surface area contributed by atoms with Crippen LogP contribution in [0.2, 0.25) is 0 Å². The molecule has 1 atom stereocenters. The molecule has 0 radical (unpaired) electrons. The Morgan fingerprint density at radius 2 is 1.67 bits per heavy atom. The molecule has 0 saturated heterocycles. The number of hydrogen-bond donors (Lipinski definition) is 0. The zero-order valence-corrected chi connectivity index (χ0v) is 26.7. The molecule has 3 aromatic rings. The molecule has 0 N–H and O–H groups in total. The van der Waals surface area contributed by atoms with Crippen molar-refractivity contribution >= 4 is 33.1 Å². The summed E-state index contributed by atoms with van der Waals surface area (Å²) in [5.74, 6) is 0.747. The number of aromatic nitrogens is 4. The maximum Gasteiger partial charge on any atom is 0.291 e. The Bertz CT molecular complexity index is 1480. The fourth-order valence-electron chi connectivity index (χ4n) is 5.09. The Balaban J connectivity index is 1.89. The van der Waals surface area contributed by atoms with Gasteiger partial charge in [0.15, 0.2) is 16.8 Å². The number of nitriles is 1. The van der Waals surface area contributed by atoms with Crippen molar-refractivity contribution in [2.75, 3.05) is 18.0 Å². The summed E-state index contributed by atoms with van der Waals surface area (Å²) in [7, 11) is 0. The van der Waals surface area contributed by atoms with Crippen molar-refractivity contribution in [1.29, 1.82) is 5.26 Å². The highest BCUT2D eigenvalue weighted by Gasteiger charge is 2.34. The molecular weight excluding hydrogens is 542 g/mol. The summed E-state index contributed by atoms with van der Waals surface area (Å²) in [5.41, 5.74) is 4.03. The number of hydrogen-bond acceptors (Lipinski definition) is 8. The monoisotopic (exact) mass is 585 g/mol. The highest BCUT2D eigenvalue weighted by Crippen LogP contribution is 2.41. The molecule has 3 heterocycles. The van der Waals surface area contributed by atoms with Gasteiger partial charge in [-0.3, -0.25) is 4.79 Å². The molecule has 222 valence electrons. The Kier molecular flexibility index (Phi) is 10.8. The summed E-state index contributed by atoms with van der Waals surface area (Å²) in [6.07, 6.45) is 8.37. The molecule has 1 unspecified atom stereocenters. The van der Waals surface area contributed by atoms with E-state index in [1.54, 1.807) is 18.3 Å². The minimum absolute atomic E-state index is 0.0495. The molecule has 2 aromatic heterocycles. The van der Waals surface area contributed by atoms with E-state index in [1.807, 2.05) is 0 Å². The first kappa shape index (κ1) is 31.3. The van der Waals surface area contributed by atoms with Crippen molar-refractivity contribution in [2.45, 2.75) is 98.8 Å². The van der Waals surface area contributed by atoms with Gasteiger partial charge in [-0.1, -0.05) is 94.5 Å². The van der Waals surface area contributed by atoms with E-state index in [1.165, 1.54) is 10.2 Å². The number of rotatable bonds is 14. The molecule has 8 nitrogen and oxygen atoms in total. The maximum atomic E-state index is 13.3. The van der Waals surface area contributed by atoms with Crippen LogP contribution in [-0.4, -0.2) is 44.5 Å². The molecule has 9 heteroatoms. The van der Waals surface area contributed by atoms with Crippen LogP contribution >= 0.6 is 11.3 Å². The Morgan fingerprint density at radius 3 is 2.26 bits per heavy atom. The van der Waals surface area contributed by atoms with Crippen LogP contribution in [-0.2, 0) is 0 Å². The molecule has 0 spiro atoms. The van der Waals surface area contributed by atoms with Gasteiger partial charge in [0.05, 0.1) is 0 Å². The Labute approximate surface area is 254 Å². The normalized spacial score (nSPS) is 14.8. The van der Waals surface area contributed by atoms with Gasteiger partial charge in [0, 0.05) is 30.1 Å². The van der Waals surface area contributed by atoms with Crippen molar-refractivity contribution in [2.24, 2.45) is 4.99 Å². The third-order valence-electron chi connectivity index (χ3n) is 7.82. The summed E-state index contributed by atoms with van der Waals surface area (Å²) in [5, 5.41) is 16.3. The molecule has 1 aromatic carbocycles. The summed E-state index contributed by atoms with van der Waals surface area (Å²) < 4.78 is 1.29. The molecule has 0 fully saturated rings. The summed E-state index contributed by atoms with van der Waals surface area (Å²) in [4.78, 5) is 30.9. The minimum Gasteiger partial charge on any atom is -0.348 e. The largest absolute Gasteiger partial charge is 0.348 e. The molecule has 0 bridgehead atoms. The van der Waals surface area contributed by atoms with Crippen molar-refractivity contribution in [1.82, 2.24) is 19.7 Å². The molecule has 0 amide bonds. The number of thiazole rings is 1. The first-order valence-corrected chi connectivity index (χ1v) is 16.2. The van der Waals surface area contributed by atoms with Crippen LogP contribution < -0.4 is 4.90 Å². The van der Waals surface area contributed by atoms with E-state index in [9.17, 15) is 10.1 Å². The molecule has 1 aliphatic heterocycles. The van der Waals surface area contributed by atoms with Crippen LogP contribution in [0.1, 0.15) is 114 Å². The smallest absolute Gasteiger partial charge is 0.291 e. The van der Waals surface area contributed by atoms with Gasteiger partial charge in [0.25, 0.3) is 5.91 Å². The number of aliphatic imine (C=N–C) groups is 1. The first-order chi connectivity index (χ1) is 20.4. The van der Waals surface area contributed by atoms with Crippen LogP contribution in [0, 0.1) is 18.3 Å². The average molecular weight is 586 g/mol. The number of aryl methyl sites for hydroxylation is 1. The lowest BCUT2D eigenvalue weighted by atomic mass is 9.98. The van der Waals surface area contributed by atoms with E-state index < -0.39 is 5.91 Å². The van der Waals surface area contributed by atoms with Gasteiger partial charge in [0.2, 0.25) is 0 Å². The third-order valence-corrected chi connectivity index (χ3v) is 8.83. The zero-order valence-electron chi connectivity index (χ0n) is 25.9. The van der Waals surface area contributed by atoms with E-state index in [0.29, 0.717) is 22.9 Å². The third kappa shape index (κ3) is 6.70. The van der Waals surface area contributed by atoms with Gasteiger partial charge in [-0.15, -0.1) is 5.10 Å². The number of benzene rings is 1. The summed E-state index contributed by atoms with van der Waals surface area (Å²) >= 11 is 1.56. The lowest BCUT2D eigenvalue weighted by Gasteiger charge is -2.21. The van der Waals surface area contributed by atoms with Crippen molar-refractivity contribution in [3.63, 3.8) is 0 Å². The zero-order chi connectivity index (χ0) is 30.2. The fraction of sp³-hybridized carbons (Fsp3) is 0.515. The number of carbonyl (C=O) groups excluding carboxylic acids is 1. The molecule has 0 aliphatic carbocycles. The predicted molar refractivity (Wildman–Crippen MR) is 172 cm³/mol. The number of anilines is 1. The van der Waals surface area contributed by atoms with Crippen molar-refractivity contribution in [3.8, 4) is 17.3 Å². The van der Waals surface area contributed by atoms with E-state index >= 15 is 0 Å². The van der Waals surface area contributed by atoms with Gasteiger partial charge in [-0.05, 0) is 39.5 Å². The second-order valence-corrected chi connectivity index (χ2v) is 12.0. The number of fused-ring (bicyclic) bond motifs is 1. The van der Waals surface area contributed by atoms with Crippen molar-refractivity contribution < 1.29 is 4.79 Å².